The van der Waals surface area contributed by atoms with Gasteiger partial charge in [0.2, 0.25) is 0 Å². The van der Waals surface area contributed by atoms with Crippen molar-refractivity contribution in [3.8, 4) is 5.69 Å². The van der Waals surface area contributed by atoms with E-state index in [9.17, 15) is 18.0 Å². The van der Waals surface area contributed by atoms with Gasteiger partial charge in [-0.15, -0.1) is 12.4 Å². The molecule has 2 aliphatic rings. The summed E-state index contributed by atoms with van der Waals surface area (Å²) in [7, 11) is 0. The molecule has 2 saturated heterocycles. The Hall–Kier alpha value is -2.06. The molecule has 2 atom stereocenters. The second-order valence-corrected chi connectivity index (χ2v) is 7.19. The second-order valence-electron chi connectivity index (χ2n) is 7.19. The molecule has 4 rings (SSSR count). The summed E-state index contributed by atoms with van der Waals surface area (Å²) in [4.78, 5) is 14.8. The topological polar surface area (TPSA) is 50.2 Å². The Labute approximate surface area is 167 Å². The zero-order chi connectivity index (χ0) is 19.2. The van der Waals surface area contributed by atoms with Crippen LogP contribution in [0.5, 0.6) is 0 Å². The van der Waals surface area contributed by atoms with E-state index in [1.807, 2.05) is 0 Å². The van der Waals surface area contributed by atoms with Crippen LogP contribution in [0.1, 0.15) is 40.9 Å². The molecule has 152 valence electrons. The number of benzene rings is 1. The van der Waals surface area contributed by atoms with Gasteiger partial charge < -0.3 is 10.2 Å². The van der Waals surface area contributed by atoms with Crippen molar-refractivity contribution in [3.63, 3.8) is 0 Å². The van der Waals surface area contributed by atoms with Crippen LogP contribution >= 0.6 is 12.4 Å². The first-order valence-electron chi connectivity index (χ1n) is 9.12. The maximum Gasteiger partial charge on any atom is 0.434 e. The van der Waals surface area contributed by atoms with Crippen LogP contribution in [-0.2, 0) is 6.18 Å². The lowest BCUT2D eigenvalue weighted by molar-refractivity contribution is -0.143. The minimum atomic E-state index is -4.69. The van der Waals surface area contributed by atoms with Gasteiger partial charge in [-0.25, -0.2) is 4.68 Å². The maximum atomic E-state index is 13.9. The Morgan fingerprint density at radius 2 is 1.89 bits per heavy atom. The number of nitrogens with zero attached hydrogens (tertiary/aromatic N) is 3. The first kappa shape index (κ1) is 20.7. The number of hydrogen-bond acceptors (Lipinski definition) is 3. The molecular formula is C19H22ClF3N4O. The Bertz CT molecular complexity index is 853. The SMILES string of the molecule is Cc1ccccc1-n1ncc(C(=O)N2C3CCNCC2CC3)c1C(F)(F)F.Cl. The first-order chi connectivity index (χ1) is 12.9. The molecule has 3 heterocycles. The molecule has 0 saturated carbocycles. The zero-order valence-corrected chi connectivity index (χ0v) is 16.2. The molecule has 2 aliphatic heterocycles. The molecule has 9 heteroatoms. The van der Waals surface area contributed by atoms with Crippen LogP contribution in [0.15, 0.2) is 30.5 Å². The van der Waals surface area contributed by atoms with Gasteiger partial charge in [0.1, 0.15) is 0 Å². The highest BCUT2D eigenvalue weighted by atomic mass is 35.5. The predicted molar refractivity (Wildman–Crippen MR) is 101 cm³/mol. The fourth-order valence-electron chi connectivity index (χ4n) is 4.21. The molecule has 0 spiro atoms. The molecule has 1 aromatic carbocycles. The van der Waals surface area contributed by atoms with Crippen LogP contribution in [0.2, 0.25) is 0 Å². The third-order valence-electron chi connectivity index (χ3n) is 5.50. The van der Waals surface area contributed by atoms with Crippen molar-refractivity contribution in [1.82, 2.24) is 20.0 Å². The predicted octanol–water partition coefficient (Wildman–Crippen LogP) is 3.59. The highest BCUT2D eigenvalue weighted by molar-refractivity contribution is 5.96. The number of aromatic nitrogens is 2. The van der Waals surface area contributed by atoms with Crippen molar-refractivity contribution in [3.05, 3.63) is 47.3 Å². The summed E-state index contributed by atoms with van der Waals surface area (Å²) in [5.74, 6) is -0.571. The average molecular weight is 415 g/mol. The van der Waals surface area contributed by atoms with Crippen LogP contribution < -0.4 is 5.32 Å². The third kappa shape index (κ3) is 3.51. The van der Waals surface area contributed by atoms with Gasteiger partial charge in [0, 0.05) is 18.6 Å². The quantitative estimate of drug-likeness (QED) is 0.817. The molecule has 5 nitrogen and oxygen atoms in total. The minimum Gasteiger partial charge on any atom is -0.331 e. The van der Waals surface area contributed by atoms with Gasteiger partial charge in [0.05, 0.1) is 17.4 Å². The van der Waals surface area contributed by atoms with E-state index in [1.165, 1.54) is 0 Å². The Balaban J connectivity index is 0.00000225. The van der Waals surface area contributed by atoms with Gasteiger partial charge in [-0.2, -0.15) is 18.3 Å². The Morgan fingerprint density at radius 1 is 1.18 bits per heavy atom. The van der Waals surface area contributed by atoms with Gasteiger partial charge in [-0.1, -0.05) is 18.2 Å². The molecular weight excluding hydrogens is 393 g/mol. The molecule has 2 fully saturated rings. The lowest BCUT2D eigenvalue weighted by Crippen LogP contribution is -2.43. The van der Waals surface area contributed by atoms with E-state index >= 15 is 0 Å². The molecule has 0 radical (unpaired) electrons. The number of aryl methyl sites for hydroxylation is 1. The zero-order valence-electron chi connectivity index (χ0n) is 15.4. The molecule has 1 aromatic heterocycles. The van der Waals surface area contributed by atoms with E-state index < -0.39 is 17.8 Å². The second kappa shape index (κ2) is 7.75. The molecule has 28 heavy (non-hydrogen) atoms. The standard InChI is InChI=1S/C19H21F3N4O.ClH/c1-12-4-2-3-5-16(12)26-17(19(20,21)22)15(11-24-26)18(27)25-13-6-7-14(25)10-23-9-8-13;/h2-5,11,13-14,23H,6-10H2,1H3;1H. The maximum absolute atomic E-state index is 13.9. The van der Waals surface area contributed by atoms with E-state index in [0.717, 1.165) is 36.7 Å². The molecule has 1 N–H and O–H groups in total. The van der Waals surface area contributed by atoms with Gasteiger partial charge in [0.25, 0.3) is 5.91 Å². The summed E-state index contributed by atoms with van der Waals surface area (Å²) in [6.07, 6.45) is -1.21. The van der Waals surface area contributed by atoms with Crippen molar-refractivity contribution in [2.45, 2.75) is 44.4 Å². The summed E-state index contributed by atoms with van der Waals surface area (Å²) >= 11 is 0. The van der Waals surface area contributed by atoms with Crippen LogP contribution in [0, 0.1) is 6.92 Å². The van der Waals surface area contributed by atoms with Gasteiger partial charge in [-0.3, -0.25) is 4.79 Å². The number of carbonyl (C=O) groups is 1. The summed E-state index contributed by atoms with van der Waals surface area (Å²) in [6.45, 7) is 3.12. The van der Waals surface area contributed by atoms with Crippen molar-refractivity contribution >= 4 is 18.3 Å². The number of para-hydroxylation sites is 1. The minimum absolute atomic E-state index is 0. The van der Waals surface area contributed by atoms with Crippen molar-refractivity contribution in [1.29, 1.82) is 0 Å². The van der Waals surface area contributed by atoms with Crippen molar-refractivity contribution in [2.24, 2.45) is 0 Å². The van der Waals surface area contributed by atoms with Crippen LogP contribution in [0.3, 0.4) is 0 Å². The summed E-state index contributed by atoms with van der Waals surface area (Å²) in [6, 6.07) is 6.63. The summed E-state index contributed by atoms with van der Waals surface area (Å²) in [5, 5.41) is 7.22. The fourth-order valence-corrected chi connectivity index (χ4v) is 4.21. The molecule has 1 amide bonds. The van der Waals surface area contributed by atoms with E-state index in [2.05, 4.69) is 10.4 Å². The summed E-state index contributed by atoms with van der Waals surface area (Å²) < 4.78 is 42.6. The number of halogens is 4. The van der Waals surface area contributed by atoms with Crippen LogP contribution in [-0.4, -0.2) is 45.8 Å². The number of amides is 1. The van der Waals surface area contributed by atoms with Gasteiger partial charge in [-0.05, 0) is 44.4 Å². The molecule has 2 unspecified atom stereocenters. The first-order valence-corrected chi connectivity index (χ1v) is 9.12. The number of rotatable bonds is 2. The van der Waals surface area contributed by atoms with E-state index in [4.69, 9.17) is 0 Å². The van der Waals surface area contributed by atoms with Crippen LogP contribution in [0.25, 0.3) is 5.69 Å². The largest absolute Gasteiger partial charge is 0.434 e. The van der Waals surface area contributed by atoms with E-state index in [-0.39, 0.29) is 30.1 Å². The highest BCUT2D eigenvalue weighted by Crippen LogP contribution is 2.37. The number of alkyl halides is 3. The fraction of sp³-hybridized carbons (Fsp3) is 0.474. The lowest BCUT2D eigenvalue weighted by atomic mass is 10.1. The monoisotopic (exact) mass is 414 g/mol. The average Bonchev–Trinajstić information content (AvgIpc) is 3.15. The smallest absolute Gasteiger partial charge is 0.331 e. The number of carbonyl (C=O) groups excluding carboxylic acids is 1. The molecule has 2 aromatic rings. The van der Waals surface area contributed by atoms with Crippen LogP contribution in [0.4, 0.5) is 13.2 Å². The summed E-state index contributed by atoms with van der Waals surface area (Å²) in [5.41, 5.74) is -0.392. The third-order valence-corrected chi connectivity index (χ3v) is 5.50. The number of fused-ring (bicyclic) bond motifs is 2. The highest BCUT2D eigenvalue weighted by Gasteiger charge is 2.45. The number of hydrogen-bond donors (Lipinski definition) is 1. The Kier molecular flexibility index (Phi) is 5.72. The van der Waals surface area contributed by atoms with E-state index in [0.29, 0.717) is 17.8 Å². The molecule has 0 aliphatic carbocycles. The lowest BCUT2D eigenvalue weighted by Gasteiger charge is -2.28. The van der Waals surface area contributed by atoms with E-state index in [1.54, 1.807) is 36.1 Å². The molecule has 2 bridgehead atoms. The van der Waals surface area contributed by atoms with Gasteiger partial charge >= 0.3 is 6.18 Å². The number of nitrogens with one attached hydrogen (secondary N) is 1. The van der Waals surface area contributed by atoms with Gasteiger partial charge in [0.15, 0.2) is 5.69 Å². The van der Waals surface area contributed by atoms with Crippen molar-refractivity contribution in [2.75, 3.05) is 13.1 Å². The van der Waals surface area contributed by atoms with Crippen molar-refractivity contribution < 1.29 is 18.0 Å². The Morgan fingerprint density at radius 3 is 2.61 bits per heavy atom. The normalized spacial score (nSPS) is 21.9.